The lowest BCUT2D eigenvalue weighted by molar-refractivity contribution is -0.0123. The zero-order valence-electron chi connectivity index (χ0n) is 15.8. The fraction of sp³-hybridized carbons (Fsp3) is 0.714. The van der Waals surface area contributed by atoms with Gasteiger partial charge in [0.05, 0.1) is 6.61 Å². The van der Waals surface area contributed by atoms with Gasteiger partial charge in [0.15, 0.2) is 0 Å². The zero-order chi connectivity index (χ0) is 18.0. The van der Waals surface area contributed by atoms with E-state index in [2.05, 4.69) is 4.98 Å². The van der Waals surface area contributed by atoms with Crippen molar-refractivity contribution in [2.45, 2.75) is 39.0 Å². The molecule has 2 saturated heterocycles. The van der Waals surface area contributed by atoms with Gasteiger partial charge in [0.2, 0.25) is 0 Å². The molecule has 1 aromatic rings. The van der Waals surface area contributed by atoms with Gasteiger partial charge in [-0.05, 0) is 62.1 Å². The molecule has 0 bridgehead atoms. The molecule has 1 aromatic heterocycles. The summed E-state index contributed by atoms with van der Waals surface area (Å²) in [6.07, 6.45) is 7.60. The number of amides is 1. The maximum Gasteiger partial charge on any atom is 0.272 e. The highest BCUT2D eigenvalue weighted by atomic mass is 16.5. The van der Waals surface area contributed by atoms with Crippen LogP contribution in [0.15, 0.2) is 18.3 Å². The third-order valence-corrected chi connectivity index (χ3v) is 6.55. The molecule has 3 aliphatic rings. The van der Waals surface area contributed by atoms with Crippen LogP contribution in [0, 0.1) is 24.2 Å². The van der Waals surface area contributed by atoms with Crippen molar-refractivity contribution < 1.29 is 14.3 Å². The minimum atomic E-state index is 0.0758. The zero-order valence-corrected chi connectivity index (χ0v) is 15.8. The summed E-state index contributed by atoms with van der Waals surface area (Å²) < 4.78 is 11.6. The van der Waals surface area contributed by atoms with Crippen molar-refractivity contribution in [3.8, 4) is 0 Å². The van der Waals surface area contributed by atoms with Crippen LogP contribution in [0.1, 0.15) is 48.2 Å². The Kier molecular flexibility index (Phi) is 5.28. The molecular weight excluding hydrogens is 328 g/mol. The second-order valence-corrected chi connectivity index (χ2v) is 8.43. The Morgan fingerprint density at radius 3 is 3.04 bits per heavy atom. The van der Waals surface area contributed by atoms with Crippen LogP contribution < -0.4 is 0 Å². The van der Waals surface area contributed by atoms with Gasteiger partial charge in [-0.3, -0.25) is 9.78 Å². The van der Waals surface area contributed by atoms with Gasteiger partial charge in [-0.15, -0.1) is 0 Å². The average molecular weight is 358 g/mol. The SMILES string of the molecule is Cc1ccnc(C(=O)N2C[C@H]3CCC[C@@]3(COCC3CCOCC3)C2)c1. The number of ether oxygens (including phenoxy) is 2. The predicted octanol–water partition coefficient (Wildman–Crippen LogP) is 3.08. The minimum absolute atomic E-state index is 0.0758. The number of aryl methyl sites for hydroxylation is 1. The molecule has 26 heavy (non-hydrogen) atoms. The Hall–Kier alpha value is -1.46. The van der Waals surface area contributed by atoms with E-state index >= 15 is 0 Å². The van der Waals surface area contributed by atoms with Crippen molar-refractivity contribution in [3.63, 3.8) is 0 Å². The van der Waals surface area contributed by atoms with Crippen molar-refractivity contribution in [3.05, 3.63) is 29.6 Å². The number of aromatic nitrogens is 1. The van der Waals surface area contributed by atoms with Crippen LogP contribution in [0.3, 0.4) is 0 Å². The normalized spacial score (nSPS) is 29.1. The minimum Gasteiger partial charge on any atom is -0.381 e. The summed E-state index contributed by atoms with van der Waals surface area (Å²) in [6.45, 7) is 7.05. The first-order chi connectivity index (χ1) is 12.7. The number of fused-ring (bicyclic) bond motifs is 1. The Labute approximate surface area is 156 Å². The summed E-state index contributed by atoms with van der Waals surface area (Å²) in [4.78, 5) is 19.2. The molecule has 0 aromatic carbocycles. The highest BCUT2D eigenvalue weighted by Gasteiger charge is 2.51. The lowest BCUT2D eigenvalue weighted by Gasteiger charge is -2.30. The lowest BCUT2D eigenvalue weighted by atomic mass is 9.81. The maximum absolute atomic E-state index is 12.9. The largest absolute Gasteiger partial charge is 0.381 e. The number of pyridine rings is 1. The molecule has 1 saturated carbocycles. The highest BCUT2D eigenvalue weighted by Crippen LogP contribution is 2.49. The van der Waals surface area contributed by atoms with Crippen molar-refractivity contribution in [2.24, 2.45) is 17.3 Å². The number of likely N-dealkylation sites (tertiary alicyclic amines) is 1. The first-order valence-corrected chi connectivity index (χ1v) is 10.0. The third-order valence-electron chi connectivity index (χ3n) is 6.55. The van der Waals surface area contributed by atoms with E-state index in [4.69, 9.17) is 9.47 Å². The van der Waals surface area contributed by atoms with Crippen LogP contribution in [0.25, 0.3) is 0 Å². The maximum atomic E-state index is 12.9. The molecule has 0 spiro atoms. The predicted molar refractivity (Wildman–Crippen MR) is 99.0 cm³/mol. The van der Waals surface area contributed by atoms with Crippen molar-refractivity contribution in [1.82, 2.24) is 9.88 Å². The van der Waals surface area contributed by atoms with Crippen LogP contribution in [-0.4, -0.2) is 55.3 Å². The molecule has 2 atom stereocenters. The fourth-order valence-electron chi connectivity index (χ4n) is 4.96. The van der Waals surface area contributed by atoms with Crippen LogP contribution >= 0.6 is 0 Å². The second kappa shape index (κ2) is 7.65. The van der Waals surface area contributed by atoms with Gasteiger partial charge in [0, 0.05) is 44.5 Å². The molecule has 0 radical (unpaired) electrons. The standard InChI is InChI=1S/C21H30N2O3/c1-16-4-8-22-19(11-16)20(24)23-12-18-3-2-7-21(18,14-23)15-26-13-17-5-9-25-10-6-17/h4,8,11,17-18H,2-3,5-7,9-10,12-15H2,1H3/t18-,21+/m1/s1. The van der Waals surface area contributed by atoms with Gasteiger partial charge in [0.25, 0.3) is 5.91 Å². The molecule has 5 nitrogen and oxygen atoms in total. The van der Waals surface area contributed by atoms with Gasteiger partial charge in [-0.25, -0.2) is 0 Å². The van der Waals surface area contributed by atoms with Crippen LogP contribution in [-0.2, 0) is 9.47 Å². The molecule has 3 heterocycles. The molecule has 142 valence electrons. The molecule has 5 heteroatoms. The van der Waals surface area contributed by atoms with Crippen molar-refractivity contribution in [2.75, 3.05) is 39.5 Å². The van der Waals surface area contributed by atoms with E-state index < -0.39 is 0 Å². The van der Waals surface area contributed by atoms with Gasteiger partial charge < -0.3 is 14.4 Å². The number of rotatable bonds is 5. The highest BCUT2D eigenvalue weighted by molar-refractivity contribution is 5.92. The first kappa shape index (κ1) is 17.9. The summed E-state index contributed by atoms with van der Waals surface area (Å²) >= 11 is 0. The van der Waals surface area contributed by atoms with Gasteiger partial charge in [-0.2, -0.15) is 0 Å². The molecule has 2 aliphatic heterocycles. The summed E-state index contributed by atoms with van der Waals surface area (Å²) in [5.74, 6) is 1.29. The summed E-state index contributed by atoms with van der Waals surface area (Å²) in [5, 5.41) is 0. The smallest absolute Gasteiger partial charge is 0.272 e. The summed E-state index contributed by atoms with van der Waals surface area (Å²) in [6, 6.07) is 3.83. The second-order valence-electron chi connectivity index (χ2n) is 8.43. The van der Waals surface area contributed by atoms with Crippen molar-refractivity contribution in [1.29, 1.82) is 0 Å². The molecule has 1 amide bonds. The van der Waals surface area contributed by atoms with Crippen LogP contribution in [0.4, 0.5) is 0 Å². The molecular formula is C21H30N2O3. The third kappa shape index (κ3) is 3.65. The van der Waals surface area contributed by atoms with E-state index in [1.54, 1.807) is 6.20 Å². The Balaban J connectivity index is 1.37. The molecule has 1 aliphatic carbocycles. The number of nitrogens with zero attached hydrogens (tertiary/aromatic N) is 2. The average Bonchev–Trinajstić information content (AvgIpc) is 3.19. The number of carbonyl (C=O) groups is 1. The van der Waals surface area contributed by atoms with E-state index in [0.29, 0.717) is 17.5 Å². The molecule has 0 N–H and O–H groups in total. The van der Waals surface area contributed by atoms with Crippen molar-refractivity contribution >= 4 is 5.91 Å². The Bertz CT molecular complexity index is 644. The number of carbonyl (C=O) groups excluding carboxylic acids is 1. The lowest BCUT2D eigenvalue weighted by Crippen LogP contribution is -2.35. The van der Waals surface area contributed by atoms with E-state index in [0.717, 1.165) is 57.9 Å². The quantitative estimate of drug-likeness (QED) is 0.812. The van der Waals surface area contributed by atoms with E-state index in [9.17, 15) is 4.79 Å². The van der Waals surface area contributed by atoms with Gasteiger partial charge >= 0.3 is 0 Å². The summed E-state index contributed by atoms with van der Waals surface area (Å²) in [5.41, 5.74) is 1.81. The Morgan fingerprint density at radius 2 is 2.23 bits per heavy atom. The first-order valence-electron chi connectivity index (χ1n) is 10.0. The van der Waals surface area contributed by atoms with E-state index in [1.807, 2.05) is 24.0 Å². The molecule has 4 rings (SSSR count). The van der Waals surface area contributed by atoms with E-state index in [1.165, 1.54) is 19.3 Å². The topological polar surface area (TPSA) is 51.7 Å². The molecule has 3 fully saturated rings. The van der Waals surface area contributed by atoms with Crippen LogP contribution in [0.5, 0.6) is 0 Å². The number of hydrogen-bond donors (Lipinski definition) is 0. The Morgan fingerprint density at radius 1 is 1.38 bits per heavy atom. The van der Waals surface area contributed by atoms with Gasteiger partial charge in [-0.1, -0.05) is 6.42 Å². The fourth-order valence-corrected chi connectivity index (χ4v) is 4.96. The van der Waals surface area contributed by atoms with Gasteiger partial charge in [0.1, 0.15) is 5.69 Å². The monoisotopic (exact) mass is 358 g/mol. The molecule has 0 unspecified atom stereocenters. The summed E-state index contributed by atoms with van der Waals surface area (Å²) in [7, 11) is 0. The van der Waals surface area contributed by atoms with Crippen LogP contribution in [0.2, 0.25) is 0 Å². The number of hydrogen-bond acceptors (Lipinski definition) is 4. The van der Waals surface area contributed by atoms with E-state index in [-0.39, 0.29) is 11.3 Å².